The Kier molecular flexibility index (Phi) is 5.74. The van der Waals surface area contributed by atoms with E-state index in [-0.39, 0.29) is 6.54 Å². The molecule has 0 aliphatic carbocycles. The standard InChI is InChI=1S/C12H17N3O4/c1-2-8-4-3-5-13-9(8)6-14-12(19)15-10(7-16)11(17)18/h3-5,10,16H,2,6-7H2,1H3,(H,17,18)(H2,14,15,19)/t10-/m1/s1. The van der Waals surface area contributed by atoms with Crippen LogP contribution in [-0.2, 0) is 17.8 Å². The molecule has 0 saturated heterocycles. The highest BCUT2D eigenvalue weighted by Gasteiger charge is 2.18. The van der Waals surface area contributed by atoms with Crippen LogP contribution in [0.5, 0.6) is 0 Å². The molecule has 0 fully saturated rings. The van der Waals surface area contributed by atoms with Gasteiger partial charge >= 0.3 is 12.0 Å². The van der Waals surface area contributed by atoms with Crippen molar-refractivity contribution in [1.29, 1.82) is 0 Å². The minimum atomic E-state index is -1.31. The van der Waals surface area contributed by atoms with Crippen LogP contribution in [0, 0.1) is 0 Å². The van der Waals surface area contributed by atoms with Gasteiger partial charge < -0.3 is 20.8 Å². The molecule has 0 bridgehead atoms. The fourth-order valence-electron chi connectivity index (χ4n) is 1.51. The maximum Gasteiger partial charge on any atom is 0.328 e. The van der Waals surface area contributed by atoms with Crippen LogP contribution in [0.15, 0.2) is 18.3 Å². The predicted octanol–water partition coefficient (Wildman–Crippen LogP) is -0.111. The molecule has 0 radical (unpaired) electrons. The molecule has 104 valence electrons. The number of carboxylic acid groups (broad SMARTS) is 1. The Labute approximate surface area is 110 Å². The van der Waals surface area contributed by atoms with Gasteiger partial charge in [0.05, 0.1) is 18.8 Å². The van der Waals surface area contributed by atoms with E-state index in [1.807, 2.05) is 19.1 Å². The van der Waals surface area contributed by atoms with Crippen LogP contribution < -0.4 is 10.6 Å². The molecule has 0 spiro atoms. The van der Waals surface area contributed by atoms with Crippen molar-refractivity contribution in [3.8, 4) is 0 Å². The van der Waals surface area contributed by atoms with Crippen LogP contribution in [0.1, 0.15) is 18.2 Å². The van der Waals surface area contributed by atoms with Crippen LogP contribution in [0.4, 0.5) is 4.79 Å². The van der Waals surface area contributed by atoms with Crippen LogP contribution in [0.3, 0.4) is 0 Å². The molecule has 19 heavy (non-hydrogen) atoms. The lowest BCUT2D eigenvalue weighted by molar-refractivity contribution is -0.140. The van der Waals surface area contributed by atoms with Crippen molar-refractivity contribution < 1.29 is 19.8 Å². The number of carbonyl (C=O) groups is 2. The fourth-order valence-corrected chi connectivity index (χ4v) is 1.51. The van der Waals surface area contributed by atoms with Crippen LogP contribution in [-0.4, -0.2) is 39.8 Å². The molecule has 0 aliphatic heterocycles. The van der Waals surface area contributed by atoms with Crippen LogP contribution in [0.25, 0.3) is 0 Å². The van der Waals surface area contributed by atoms with Gasteiger partial charge in [-0.1, -0.05) is 13.0 Å². The summed E-state index contributed by atoms with van der Waals surface area (Å²) >= 11 is 0. The highest BCUT2D eigenvalue weighted by Crippen LogP contribution is 2.05. The molecule has 1 heterocycles. The van der Waals surface area contributed by atoms with Crippen molar-refractivity contribution in [2.45, 2.75) is 25.9 Å². The van der Waals surface area contributed by atoms with E-state index in [0.29, 0.717) is 0 Å². The second-order valence-corrected chi connectivity index (χ2v) is 3.86. The first kappa shape index (κ1) is 14.9. The largest absolute Gasteiger partial charge is 0.480 e. The third-order valence-electron chi connectivity index (χ3n) is 2.57. The molecule has 0 aliphatic rings. The molecule has 1 aromatic rings. The molecule has 7 nitrogen and oxygen atoms in total. The number of rotatable bonds is 6. The number of hydrogen-bond donors (Lipinski definition) is 4. The molecule has 1 rings (SSSR count). The summed E-state index contributed by atoms with van der Waals surface area (Å²) in [6.45, 7) is 1.52. The number of aliphatic hydroxyl groups excluding tert-OH is 1. The zero-order chi connectivity index (χ0) is 14.3. The molecule has 0 unspecified atom stereocenters. The van der Waals surface area contributed by atoms with E-state index in [1.165, 1.54) is 0 Å². The Balaban J connectivity index is 2.52. The topological polar surface area (TPSA) is 112 Å². The van der Waals surface area contributed by atoms with Crippen molar-refractivity contribution in [3.63, 3.8) is 0 Å². The zero-order valence-electron chi connectivity index (χ0n) is 10.6. The summed E-state index contributed by atoms with van der Waals surface area (Å²) < 4.78 is 0. The van der Waals surface area contributed by atoms with E-state index < -0.39 is 24.6 Å². The first-order chi connectivity index (χ1) is 9.08. The van der Waals surface area contributed by atoms with E-state index in [2.05, 4.69) is 15.6 Å². The molecule has 2 amide bonds. The van der Waals surface area contributed by atoms with Gasteiger partial charge in [-0.05, 0) is 18.1 Å². The van der Waals surface area contributed by atoms with Crippen molar-refractivity contribution in [1.82, 2.24) is 15.6 Å². The molecular weight excluding hydrogens is 250 g/mol. The number of hydrogen-bond acceptors (Lipinski definition) is 4. The van der Waals surface area contributed by atoms with Gasteiger partial charge in [-0.25, -0.2) is 9.59 Å². The molecule has 1 atom stereocenters. The van der Waals surface area contributed by atoms with Gasteiger partial charge in [0.25, 0.3) is 0 Å². The van der Waals surface area contributed by atoms with E-state index in [0.717, 1.165) is 17.7 Å². The Morgan fingerprint density at radius 2 is 2.21 bits per heavy atom. The van der Waals surface area contributed by atoms with Crippen molar-refractivity contribution in [2.24, 2.45) is 0 Å². The molecule has 4 N–H and O–H groups in total. The third-order valence-corrected chi connectivity index (χ3v) is 2.57. The fraction of sp³-hybridized carbons (Fsp3) is 0.417. The number of nitrogens with zero attached hydrogens (tertiary/aromatic N) is 1. The Morgan fingerprint density at radius 1 is 1.47 bits per heavy atom. The van der Waals surface area contributed by atoms with Gasteiger partial charge in [0.15, 0.2) is 6.04 Å². The van der Waals surface area contributed by atoms with Crippen molar-refractivity contribution >= 4 is 12.0 Å². The number of urea groups is 1. The summed E-state index contributed by atoms with van der Waals surface area (Å²) in [5.74, 6) is -1.29. The summed E-state index contributed by atoms with van der Waals surface area (Å²) in [5, 5.41) is 22.1. The zero-order valence-corrected chi connectivity index (χ0v) is 10.6. The second-order valence-electron chi connectivity index (χ2n) is 3.86. The minimum Gasteiger partial charge on any atom is -0.480 e. The van der Waals surface area contributed by atoms with Crippen molar-refractivity contribution in [2.75, 3.05) is 6.61 Å². The number of aromatic nitrogens is 1. The van der Waals surface area contributed by atoms with Crippen LogP contribution in [0.2, 0.25) is 0 Å². The number of carbonyl (C=O) groups excluding carboxylic acids is 1. The lowest BCUT2D eigenvalue weighted by Gasteiger charge is -2.13. The minimum absolute atomic E-state index is 0.202. The van der Waals surface area contributed by atoms with E-state index >= 15 is 0 Å². The van der Waals surface area contributed by atoms with Gasteiger partial charge in [0.1, 0.15) is 0 Å². The predicted molar refractivity (Wildman–Crippen MR) is 67.5 cm³/mol. The quantitative estimate of drug-likeness (QED) is 0.574. The van der Waals surface area contributed by atoms with E-state index in [4.69, 9.17) is 10.2 Å². The summed E-state index contributed by atoms with van der Waals surface area (Å²) in [7, 11) is 0. The summed E-state index contributed by atoms with van der Waals surface area (Å²) in [6, 6.07) is 1.76. The number of aryl methyl sites for hydroxylation is 1. The first-order valence-corrected chi connectivity index (χ1v) is 5.89. The normalized spacial score (nSPS) is 11.7. The molecule has 0 saturated carbocycles. The number of carboxylic acids is 1. The number of pyridine rings is 1. The van der Waals surface area contributed by atoms with Gasteiger partial charge in [-0.15, -0.1) is 0 Å². The maximum absolute atomic E-state index is 11.5. The number of nitrogens with one attached hydrogen (secondary N) is 2. The lowest BCUT2D eigenvalue weighted by Crippen LogP contribution is -2.47. The lowest BCUT2D eigenvalue weighted by atomic mass is 10.1. The number of amides is 2. The highest BCUT2D eigenvalue weighted by molar-refractivity contribution is 5.82. The summed E-state index contributed by atoms with van der Waals surface area (Å²) in [5.41, 5.74) is 1.75. The highest BCUT2D eigenvalue weighted by atomic mass is 16.4. The number of aliphatic hydroxyl groups is 1. The van der Waals surface area contributed by atoms with Gasteiger partial charge in [0, 0.05) is 6.20 Å². The second kappa shape index (κ2) is 7.32. The van der Waals surface area contributed by atoms with Crippen LogP contribution >= 0.6 is 0 Å². The van der Waals surface area contributed by atoms with E-state index in [9.17, 15) is 9.59 Å². The maximum atomic E-state index is 11.5. The smallest absolute Gasteiger partial charge is 0.328 e. The average molecular weight is 267 g/mol. The Bertz CT molecular complexity index is 450. The average Bonchev–Trinajstić information content (AvgIpc) is 2.42. The molecule has 7 heteroatoms. The Hall–Kier alpha value is -2.15. The van der Waals surface area contributed by atoms with Crippen molar-refractivity contribution in [3.05, 3.63) is 29.6 Å². The summed E-state index contributed by atoms with van der Waals surface area (Å²) in [4.78, 5) is 26.2. The molecular formula is C12H17N3O4. The Morgan fingerprint density at radius 3 is 2.79 bits per heavy atom. The first-order valence-electron chi connectivity index (χ1n) is 5.89. The molecule has 0 aromatic carbocycles. The monoisotopic (exact) mass is 267 g/mol. The SMILES string of the molecule is CCc1cccnc1CNC(=O)N[C@H](CO)C(=O)O. The number of aliphatic carboxylic acids is 1. The summed E-state index contributed by atoms with van der Waals surface area (Å²) in [6.07, 6.45) is 2.42. The van der Waals surface area contributed by atoms with Gasteiger partial charge in [-0.2, -0.15) is 0 Å². The van der Waals surface area contributed by atoms with E-state index in [1.54, 1.807) is 6.20 Å². The van der Waals surface area contributed by atoms with Gasteiger partial charge in [0.2, 0.25) is 0 Å². The third kappa shape index (κ3) is 4.55. The van der Waals surface area contributed by atoms with Gasteiger partial charge in [-0.3, -0.25) is 4.98 Å². The molecule has 1 aromatic heterocycles.